The van der Waals surface area contributed by atoms with Crippen LogP contribution in [-0.4, -0.2) is 35.9 Å². The zero-order valence-electron chi connectivity index (χ0n) is 18.4. The number of nitrogens with one attached hydrogen (secondary N) is 1. The molecule has 0 saturated heterocycles. The Hall–Kier alpha value is -1.95. The summed E-state index contributed by atoms with van der Waals surface area (Å²) in [6.07, 6.45) is 2.07. The molecular formula is C24H29Cl3N2O3. The van der Waals surface area contributed by atoms with E-state index in [1.165, 1.54) is 0 Å². The van der Waals surface area contributed by atoms with Crippen LogP contribution < -0.4 is 10.1 Å². The first-order valence-corrected chi connectivity index (χ1v) is 11.9. The van der Waals surface area contributed by atoms with Gasteiger partial charge in [-0.15, -0.1) is 0 Å². The van der Waals surface area contributed by atoms with E-state index in [9.17, 15) is 9.59 Å². The van der Waals surface area contributed by atoms with E-state index in [1.54, 1.807) is 47.4 Å². The molecule has 1 atom stereocenters. The monoisotopic (exact) mass is 498 g/mol. The van der Waals surface area contributed by atoms with Crippen molar-refractivity contribution in [3.63, 3.8) is 0 Å². The molecule has 0 saturated carbocycles. The van der Waals surface area contributed by atoms with Gasteiger partial charge in [-0.25, -0.2) is 0 Å². The lowest BCUT2D eigenvalue weighted by Gasteiger charge is -2.31. The van der Waals surface area contributed by atoms with Gasteiger partial charge in [-0.3, -0.25) is 9.59 Å². The molecule has 0 heterocycles. The number of hydrogen-bond donors (Lipinski definition) is 1. The summed E-state index contributed by atoms with van der Waals surface area (Å²) in [5.74, 6) is 0.399. The Balaban J connectivity index is 2.07. The number of nitrogens with zero attached hydrogens (tertiary/aromatic N) is 1. The highest BCUT2D eigenvalue weighted by atomic mass is 35.5. The van der Waals surface area contributed by atoms with Gasteiger partial charge in [0.2, 0.25) is 11.8 Å². The van der Waals surface area contributed by atoms with Crippen molar-refractivity contribution in [1.29, 1.82) is 0 Å². The molecule has 0 fully saturated rings. The van der Waals surface area contributed by atoms with Crippen molar-refractivity contribution in [1.82, 2.24) is 10.2 Å². The fourth-order valence-corrected chi connectivity index (χ4v) is 3.80. The summed E-state index contributed by atoms with van der Waals surface area (Å²) in [5.41, 5.74) is 0.739. The van der Waals surface area contributed by atoms with Gasteiger partial charge in [-0.1, -0.05) is 54.7 Å². The zero-order chi connectivity index (χ0) is 23.5. The SMILES string of the molecule is CCCNC(=O)[C@@H](CC)N(Cc1ccc(Cl)cc1Cl)C(=O)CCCOc1ccc(Cl)cc1. The number of rotatable bonds is 12. The van der Waals surface area contributed by atoms with Crippen molar-refractivity contribution >= 4 is 46.6 Å². The van der Waals surface area contributed by atoms with Crippen molar-refractivity contribution in [3.05, 3.63) is 63.1 Å². The van der Waals surface area contributed by atoms with Gasteiger partial charge in [-0.05, 0) is 61.2 Å². The molecule has 0 bridgehead atoms. The molecule has 0 radical (unpaired) electrons. The lowest BCUT2D eigenvalue weighted by molar-refractivity contribution is -0.141. The molecule has 2 aromatic rings. The molecule has 0 aliphatic rings. The number of benzene rings is 2. The number of halogens is 3. The van der Waals surface area contributed by atoms with Crippen molar-refractivity contribution in [2.75, 3.05) is 13.2 Å². The normalized spacial score (nSPS) is 11.7. The van der Waals surface area contributed by atoms with E-state index in [4.69, 9.17) is 39.5 Å². The second kappa shape index (κ2) is 13.6. The zero-order valence-corrected chi connectivity index (χ0v) is 20.6. The second-order valence-electron chi connectivity index (χ2n) is 7.38. The van der Waals surface area contributed by atoms with E-state index < -0.39 is 6.04 Å². The fraction of sp³-hybridized carbons (Fsp3) is 0.417. The average Bonchev–Trinajstić information content (AvgIpc) is 2.77. The standard InChI is InChI=1S/C24H29Cl3N2O3/c1-3-13-28-24(31)22(4-2)29(16-17-7-8-19(26)15-21(17)27)23(30)6-5-14-32-20-11-9-18(25)10-12-20/h7-12,15,22H,3-6,13-14,16H2,1-2H3,(H,28,31)/t22-/m1/s1. The molecule has 32 heavy (non-hydrogen) atoms. The van der Waals surface area contributed by atoms with Crippen LogP contribution in [0.3, 0.4) is 0 Å². The van der Waals surface area contributed by atoms with Crippen molar-refractivity contribution in [3.8, 4) is 5.75 Å². The van der Waals surface area contributed by atoms with Gasteiger partial charge >= 0.3 is 0 Å². The van der Waals surface area contributed by atoms with Crippen molar-refractivity contribution < 1.29 is 14.3 Å². The summed E-state index contributed by atoms with van der Waals surface area (Å²) in [6.45, 7) is 5.04. The van der Waals surface area contributed by atoms with Crippen LogP contribution in [0.4, 0.5) is 0 Å². The minimum absolute atomic E-state index is 0.130. The topological polar surface area (TPSA) is 58.6 Å². The highest BCUT2D eigenvalue weighted by Crippen LogP contribution is 2.24. The maximum absolute atomic E-state index is 13.2. The number of ether oxygens (including phenoxy) is 1. The Morgan fingerprint density at radius 2 is 1.72 bits per heavy atom. The van der Waals surface area contributed by atoms with Crippen LogP contribution in [0.5, 0.6) is 5.75 Å². The highest BCUT2D eigenvalue weighted by molar-refractivity contribution is 6.35. The predicted molar refractivity (Wildman–Crippen MR) is 131 cm³/mol. The van der Waals surface area contributed by atoms with Crippen molar-refractivity contribution in [2.24, 2.45) is 0 Å². The predicted octanol–water partition coefficient (Wildman–Crippen LogP) is 6.14. The molecule has 2 amide bonds. The molecule has 1 N–H and O–H groups in total. The molecule has 0 aliphatic carbocycles. The lowest BCUT2D eigenvalue weighted by Crippen LogP contribution is -2.49. The molecule has 0 aromatic heterocycles. The molecule has 174 valence electrons. The van der Waals surface area contributed by atoms with Gasteiger partial charge in [0.05, 0.1) is 6.61 Å². The minimum Gasteiger partial charge on any atom is -0.494 e. The van der Waals surface area contributed by atoms with Crippen LogP contribution in [-0.2, 0) is 16.1 Å². The maximum atomic E-state index is 13.2. The molecule has 5 nitrogen and oxygen atoms in total. The van der Waals surface area contributed by atoms with Crippen LogP contribution >= 0.6 is 34.8 Å². The first kappa shape index (κ1) is 26.3. The third-order valence-electron chi connectivity index (χ3n) is 4.91. The summed E-state index contributed by atoms with van der Waals surface area (Å²) in [5, 5.41) is 4.51. The van der Waals surface area contributed by atoms with Gasteiger partial charge in [0, 0.05) is 34.6 Å². The third kappa shape index (κ3) is 8.19. The quantitative estimate of drug-likeness (QED) is 0.357. The van der Waals surface area contributed by atoms with Gasteiger partial charge in [-0.2, -0.15) is 0 Å². The Morgan fingerprint density at radius 1 is 1.03 bits per heavy atom. The Kier molecular flexibility index (Phi) is 11.1. The molecule has 0 unspecified atom stereocenters. The number of amides is 2. The highest BCUT2D eigenvalue weighted by Gasteiger charge is 2.28. The van der Waals surface area contributed by atoms with E-state index >= 15 is 0 Å². The largest absolute Gasteiger partial charge is 0.494 e. The van der Waals surface area contributed by atoms with Gasteiger partial charge in [0.1, 0.15) is 11.8 Å². The van der Waals surface area contributed by atoms with E-state index in [1.807, 2.05) is 13.8 Å². The van der Waals surface area contributed by atoms with Crippen molar-refractivity contribution in [2.45, 2.75) is 52.1 Å². The van der Waals surface area contributed by atoms with E-state index in [0.717, 1.165) is 12.0 Å². The number of carbonyl (C=O) groups excluding carboxylic acids is 2. The third-order valence-corrected chi connectivity index (χ3v) is 5.75. The number of carbonyl (C=O) groups is 2. The fourth-order valence-electron chi connectivity index (χ4n) is 3.21. The van der Waals surface area contributed by atoms with Gasteiger partial charge < -0.3 is 15.0 Å². The summed E-state index contributed by atoms with van der Waals surface area (Å²) in [6, 6.07) is 11.6. The van der Waals surface area contributed by atoms with Crippen LogP contribution in [0.15, 0.2) is 42.5 Å². The molecule has 2 aromatic carbocycles. The summed E-state index contributed by atoms with van der Waals surface area (Å²) < 4.78 is 5.68. The van der Waals surface area contributed by atoms with Gasteiger partial charge in [0.15, 0.2) is 0 Å². The summed E-state index contributed by atoms with van der Waals surface area (Å²) >= 11 is 18.2. The van der Waals surface area contributed by atoms with Crippen LogP contribution in [0.2, 0.25) is 15.1 Å². The second-order valence-corrected chi connectivity index (χ2v) is 8.66. The average molecular weight is 500 g/mol. The van der Waals surface area contributed by atoms with Gasteiger partial charge in [0.25, 0.3) is 0 Å². The smallest absolute Gasteiger partial charge is 0.242 e. The molecule has 0 aliphatic heterocycles. The molecule has 8 heteroatoms. The first-order valence-electron chi connectivity index (χ1n) is 10.7. The molecule has 0 spiro atoms. The Morgan fingerprint density at radius 3 is 2.34 bits per heavy atom. The van der Waals surface area contributed by atoms with Crippen LogP contribution in [0.25, 0.3) is 0 Å². The first-order chi connectivity index (χ1) is 15.3. The molecular weight excluding hydrogens is 471 g/mol. The number of hydrogen-bond acceptors (Lipinski definition) is 3. The van der Waals surface area contributed by atoms with E-state index in [-0.39, 0.29) is 24.8 Å². The minimum atomic E-state index is -0.585. The Labute approximate surface area is 205 Å². The Bertz CT molecular complexity index is 891. The van der Waals surface area contributed by atoms with E-state index in [2.05, 4.69) is 5.32 Å². The van der Waals surface area contributed by atoms with E-state index in [0.29, 0.717) is 46.8 Å². The van der Waals surface area contributed by atoms with Crippen LogP contribution in [0.1, 0.15) is 45.1 Å². The summed E-state index contributed by atoms with van der Waals surface area (Å²) in [7, 11) is 0. The summed E-state index contributed by atoms with van der Waals surface area (Å²) in [4.78, 5) is 27.5. The maximum Gasteiger partial charge on any atom is 0.242 e. The lowest BCUT2D eigenvalue weighted by atomic mass is 10.1. The molecule has 2 rings (SSSR count). The van der Waals surface area contributed by atoms with Crippen LogP contribution in [0, 0.1) is 0 Å².